The van der Waals surface area contributed by atoms with E-state index in [1.807, 2.05) is 6.92 Å². The van der Waals surface area contributed by atoms with E-state index < -0.39 is 12.2 Å². The van der Waals surface area contributed by atoms with Gasteiger partial charge in [-0.2, -0.15) is 23.4 Å². The number of hydrogen-bond donors (Lipinski definition) is 1. The Hall–Kier alpha value is -2.52. The number of hydrogen-bond acceptors (Lipinski definition) is 4. The minimum Gasteiger partial charge on any atom is -0.367 e. The summed E-state index contributed by atoms with van der Waals surface area (Å²) >= 11 is 0. The lowest BCUT2D eigenvalue weighted by molar-refractivity contribution is -0.173. The number of amides is 1. The third-order valence-corrected chi connectivity index (χ3v) is 5.71. The van der Waals surface area contributed by atoms with Crippen LogP contribution in [-0.2, 0) is 7.05 Å². The number of halogens is 3. The Morgan fingerprint density at radius 2 is 2.18 bits per heavy atom. The summed E-state index contributed by atoms with van der Waals surface area (Å²) in [5, 5.41) is 11.5. The molecule has 2 aromatic heterocycles. The molecule has 10 heteroatoms. The van der Waals surface area contributed by atoms with Gasteiger partial charge in [0.25, 0.3) is 5.91 Å². The molecule has 1 fully saturated rings. The number of aryl methyl sites for hydroxylation is 1. The van der Waals surface area contributed by atoms with E-state index in [1.54, 1.807) is 30.3 Å². The molecule has 1 N–H and O–H groups in total. The first-order chi connectivity index (χ1) is 13.3. The molecule has 28 heavy (non-hydrogen) atoms. The summed E-state index contributed by atoms with van der Waals surface area (Å²) in [6, 6.07) is 1.53. The number of carbonyl (C=O) groups is 1. The van der Waals surface area contributed by atoms with E-state index in [0.29, 0.717) is 43.1 Å². The van der Waals surface area contributed by atoms with Gasteiger partial charge in [0.2, 0.25) is 0 Å². The maximum absolute atomic E-state index is 13.5. The summed E-state index contributed by atoms with van der Waals surface area (Å²) in [6.45, 7) is 2.86. The van der Waals surface area contributed by atoms with Gasteiger partial charge in [-0.1, -0.05) is 6.92 Å². The molecule has 0 bridgehead atoms. The molecule has 1 amide bonds. The maximum atomic E-state index is 13.5. The van der Waals surface area contributed by atoms with Crippen LogP contribution in [0.15, 0.2) is 18.3 Å². The molecule has 2 aliphatic rings. The predicted molar refractivity (Wildman–Crippen MR) is 96.1 cm³/mol. The number of aromatic nitrogens is 4. The van der Waals surface area contributed by atoms with Gasteiger partial charge in [-0.05, 0) is 25.3 Å². The van der Waals surface area contributed by atoms with Crippen molar-refractivity contribution >= 4 is 11.7 Å². The summed E-state index contributed by atoms with van der Waals surface area (Å²) in [5.74, 6) is 0.210. The van der Waals surface area contributed by atoms with Crippen LogP contribution >= 0.6 is 0 Å². The molecule has 0 aromatic carbocycles. The molecule has 2 aliphatic heterocycles. The van der Waals surface area contributed by atoms with Crippen LogP contribution in [0.25, 0.3) is 0 Å². The van der Waals surface area contributed by atoms with Crippen LogP contribution in [-0.4, -0.2) is 55.7 Å². The number of alkyl halides is 3. The number of anilines is 1. The Morgan fingerprint density at radius 1 is 1.39 bits per heavy atom. The monoisotopic (exact) mass is 396 g/mol. The molecule has 0 aliphatic carbocycles. The summed E-state index contributed by atoms with van der Waals surface area (Å²) < 4.78 is 43.2. The highest BCUT2D eigenvalue weighted by Gasteiger charge is 2.46. The Kier molecular flexibility index (Phi) is 4.59. The van der Waals surface area contributed by atoms with Gasteiger partial charge in [-0.15, -0.1) is 0 Å². The molecule has 152 valence electrons. The minimum atomic E-state index is -4.34. The fraction of sp³-hybridized carbons (Fsp3) is 0.611. The zero-order chi connectivity index (χ0) is 20.1. The zero-order valence-corrected chi connectivity index (χ0v) is 15.8. The highest BCUT2D eigenvalue weighted by Crippen LogP contribution is 2.41. The normalized spacial score (nSPS) is 24.9. The lowest BCUT2D eigenvalue weighted by Gasteiger charge is -2.32. The van der Waals surface area contributed by atoms with Crippen LogP contribution in [0.5, 0.6) is 0 Å². The van der Waals surface area contributed by atoms with Crippen molar-refractivity contribution in [1.82, 2.24) is 24.5 Å². The summed E-state index contributed by atoms with van der Waals surface area (Å²) in [7, 11) is 1.71. The Balaban J connectivity index is 1.54. The molecule has 0 radical (unpaired) electrons. The van der Waals surface area contributed by atoms with E-state index >= 15 is 0 Å². The van der Waals surface area contributed by atoms with Crippen molar-refractivity contribution in [1.29, 1.82) is 0 Å². The highest BCUT2D eigenvalue weighted by molar-refractivity contribution is 5.92. The Labute approximate surface area is 160 Å². The van der Waals surface area contributed by atoms with E-state index in [-0.39, 0.29) is 24.3 Å². The topological polar surface area (TPSA) is 68.0 Å². The lowest BCUT2D eigenvalue weighted by atomic mass is 10.0. The SMILES string of the molecule is CC[C@@H]1C[C@H](C(F)(F)F)n2nc([C@H]3CCN(C(=O)c4ccnn4C)C3)cc2N1. The summed E-state index contributed by atoms with van der Waals surface area (Å²) in [5.41, 5.74) is 1.10. The first-order valence-corrected chi connectivity index (χ1v) is 9.48. The highest BCUT2D eigenvalue weighted by atomic mass is 19.4. The molecule has 1 saturated heterocycles. The molecule has 0 saturated carbocycles. The van der Waals surface area contributed by atoms with Crippen LogP contribution in [0.1, 0.15) is 54.3 Å². The van der Waals surface area contributed by atoms with Gasteiger partial charge in [-0.25, -0.2) is 4.68 Å². The van der Waals surface area contributed by atoms with Gasteiger partial charge in [0, 0.05) is 44.4 Å². The van der Waals surface area contributed by atoms with Crippen molar-refractivity contribution in [2.75, 3.05) is 18.4 Å². The minimum absolute atomic E-state index is 0.0239. The van der Waals surface area contributed by atoms with Gasteiger partial charge >= 0.3 is 6.18 Å². The fourth-order valence-electron chi connectivity index (χ4n) is 4.07. The predicted octanol–water partition coefficient (Wildman–Crippen LogP) is 2.94. The average molecular weight is 396 g/mol. The third-order valence-electron chi connectivity index (χ3n) is 5.71. The second kappa shape index (κ2) is 6.82. The number of fused-ring (bicyclic) bond motifs is 1. The van der Waals surface area contributed by atoms with E-state index in [1.165, 1.54) is 4.68 Å². The summed E-state index contributed by atoms with van der Waals surface area (Å²) in [4.78, 5) is 14.4. The second-order valence-electron chi connectivity index (χ2n) is 7.52. The molecule has 2 aromatic rings. The van der Waals surface area contributed by atoms with Crippen LogP contribution in [0.4, 0.5) is 19.0 Å². The molecular formula is C18H23F3N6O. The zero-order valence-electron chi connectivity index (χ0n) is 15.8. The van der Waals surface area contributed by atoms with Crippen molar-refractivity contribution in [2.45, 2.75) is 50.4 Å². The molecule has 4 rings (SSSR count). The molecule has 0 unspecified atom stereocenters. The molecule has 0 spiro atoms. The smallest absolute Gasteiger partial charge is 0.367 e. The molecular weight excluding hydrogens is 373 g/mol. The van der Waals surface area contributed by atoms with Crippen molar-refractivity contribution in [3.8, 4) is 0 Å². The van der Waals surface area contributed by atoms with Crippen molar-refractivity contribution in [3.05, 3.63) is 29.7 Å². The van der Waals surface area contributed by atoms with Gasteiger partial charge < -0.3 is 10.2 Å². The van der Waals surface area contributed by atoms with Crippen LogP contribution in [0.2, 0.25) is 0 Å². The average Bonchev–Trinajstić information content (AvgIpc) is 3.37. The quantitative estimate of drug-likeness (QED) is 0.866. The maximum Gasteiger partial charge on any atom is 0.410 e. The third kappa shape index (κ3) is 3.24. The lowest BCUT2D eigenvalue weighted by Crippen LogP contribution is -2.38. The number of rotatable bonds is 3. The molecule has 3 atom stereocenters. The molecule has 4 heterocycles. The first kappa shape index (κ1) is 18.8. The van der Waals surface area contributed by atoms with E-state index in [9.17, 15) is 18.0 Å². The summed E-state index contributed by atoms with van der Waals surface area (Å²) in [6.07, 6.45) is -1.51. The fourth-order valence-corrected chi connectivity index (χ4v) is 4.07. The van der Waals surface area contributed by atoms with Gasteiger partial charge in [0.05, 0.1) is 5.69 Å². The Bertz CT molecular complexity index is 873. The number of nitrogens with one attached hydrogen (secondary N) is 1. The van der Waals surface area contributed by atoms with Crippen molar-refractivity contribution < 1.29 is 18.0 Å². The standard InChI is InChI=1S/C18H23F3N6O/c1-3-12-8-15(18(19,20)21)27-16(23-12)9-13(24-27)11-5-7-26(10-11)17(28)14-4-6-22-25(14)2/h4,6,9,11-12,15,23H,3,5,7-8,10H2,1-2H3/t11-,12+,15+/m0/s1. The van der Waals surface area contributed by atoms with E-state index in [2.05, 4.69) is 15.5 Å². The second-order valence-corrected chi connectivity index (χ2v) is 7.52. The van der Waals surface area contributed by atoms with E-state index in [0.717, 1.165) is 4.68 Å². The van der Waals surface area contributed by atoms with Crippen LogP contribution < -0.4 is 5.32 Å². The van der Waals surface area contributed by atoms with E-state index in [4.69, 9.17) is 0 Å². The van der Waals surface area contributed by atoms with Gasteiger partial charge in [0.15, 0.2) is 6.04 Å². The van der Waals surface area contributed by atoms with Gasteiger partial charge in [-0.3, -0.25) is 9.48 Å². The first-order valence-electron chi connectivity index (χ1n) is 9.48. The number of carbonyl (C=O) groups excluding carboxylic acids is 1. The van der Waals surface area contributed by atoms with Gasteiger partial charge in [0.1, 0.15) is 11.5 Å². The number of likely N-dealkylation sites (tertiary alicyclic amines) is 1. The Morgan fingerprint density at radius 3 is 2.82 bits per heavy atom. The van der Waals surface area contributed by atoms with Crippen LogP contribution in [0.3, 0.4) is 0 Å². The number of nitrogens with zero attached hydrogens (tertiary/aromatic N) is 5. The van der Waals surface area contributed by atoms with Crippen molar-refractivity contribution in [3.63, 3.8) is 0 Å². The largest absolute Gasteiger partial charge is 0.410 e. The van der Waals surface area contributed by atoms with Crippen LogP contribution in [0, 0.1) is 0 Å². The van der Waals surface area contributed by atoms with Crippen molar-refractivity contribution in [2.24, 2.45) is 7.05 Å². The molecule has 7 nitrogen and oxygen atoms in total.